The van der Waals surface area contributed by atoms with Crippen molar-refractivity contribution < 1.29 is 19.1 Å². The van der Waals surface area contributed by atoms with E-state index in [4.69, 9.17) is 0 Å². The first kappa shape index (κ1) is 12.4. The lowest BCUT2D eigenvalue weighted by Crippen LogP contribution is -2.34. The fraction of sp³-hybridized carbons (Fsp3) is 0.214. The van der Waals surface area contributed by atoms with Gasteiger partial charge >= 0.3 is 6.09 Å². The van der Waals surface area contributed by atoms with Gasteiger partial charge in [0.1, 0.15) is 5.69 Å². The number of ketones is 2. The Balaban J connectivity index is 2.19. The smallest absolute Gasteiger partial charge is 0.418 e. The van der Waals surface area contributed by atoms with E-state index >= 15 is 0 Å². The quantitative estimate of drug-likeness (QED) is 0.774. The number of carbonyl (C=O) groups is 3. The Morgan fingerprint density at radius 2 is 2.10 bits per heavy atom. The zero-order valence-electron chi connectivity index (χ0n) is 11.0. The van der Waals surface area contributed by atoms with Gasteiger partial charge in [-0.3, -0.25) is 9.59 Å². The van der Waals surface area contributed by atoms with E-state index in [1.165, 1.54) is 19.4 Å². The Kier molecular flexibility index (Phi) is 2.60. The Labute approximate surface area is 114 Å². The van der Waals surface area contributed by atoms with Crippen molar-refractivity contribution >= 4 is 17.7 Å². The third-order valence-corrected chi connectivity index (χ3v) is 3.53. The molecule has 1 aliphatic carbocycles. The maximum Gasteiger partial charge on any atom is 0.418 e. The molecule has 1 aromatic heterocycles. The second-order valence-electron chi connectivity index (χ2n) is 4.66. The monoisotopic (exact) mass is 272 g/mol. The van der Waals surface area contributed by atoms with E-state index in [0.29, 0.717) is 5.57 Å². The van der Waals surface area contributed by atoms with Crippen molar-refractivity contribution in [3.05, 3.63) is 47.1 Å². The van der Waals surface area contributed by atoms with Crippen LogP contribution in [-0.2, 0) is 4.74 Å². The molecule has 0 amide bonds. The highest BCUT2D eigenvalue weighted by atomic mass is 16.5. The number of hydrogen-bond donors (Lipinski definition) is 1. The molecule has 0 aromatic carbocycles. The van der Waals surface area contributed by atoms with E-state index < -0.39 is 6.09 Å². The third kappa shape index (κ3) is 1.48. The van der Waals surface area contributed by atoms with Crippen LogP contribution in [0, 0.1) is 5.92 Å². The van der Waals surface area contributed by atoms with Crippen molar-refractivity contribution in [3.63, 3.8) is 0 Å². The lowest BCUT2D eigenvalue weighted by atomic mass is 9.83. The molecule has 0 saturated carbocycles. The van der Waals surface area contributed by atoms with Crippen LogP contribution in [0.3, 0.4) is 0 Å². The summed E-state index contributed by atoms with van der Waals surface area (Å²) in [5, 5.41) is 2.81. The molecule has 1 aromatic rings. The second kappa shape index (κ2) is 4.19. The summed E-state index contributed by atoms with van der Waals surface area (Å²) in [6, 6.07) is 1.47. The van der Waals surface area contributed by atoms with Gasteiger partial charge < -0.3 is 10.1 Å². The van der Waals surface area contributed by atoms with Crippen LogP contribution in [0.2, 0.25) is 0 Å². The molecule has 6 nitrogen and oxygen atoms in total. The zero-order chi connectivity index (χ0) is 14.4. The van der Waals surface area contributed by atoms with Gasteiger partial charge in [-0.05, 0) is 12.3 Å². The summed E-state index contributed by atoms with van der Waals surface area (Å²) in [5.74, 6) is -0.750. The molecule has 3 rings (SSSR count). The standard InChI is InChI=1S/C14H12N2O4/c1-7-3-5-15-10-9(7)12(17)8-4-6-16(14(19)20-2)11(8)13(10)18/h3-7,15H,1-2H3. The molecule has 1 unspecified atom stereocenters. The van der Waals surface area contributed by atoms with E-state index in [1.807, 2.05) is 13.0 Å². The molecule has 20 heavy (non-hydrogen) atoms. The highest BCUT2D eigenvalue weighted by Gasteiger charge is 2.38. The van der Waals surface area contributed by atoms with Gasteiger partial charge in [-0.25, -0.2) is 9.36 Å². The number of nitrogens with one attached hydrogen (secondary N) is 1. The third-order valence-electron chi connectivity index (χ3n) is 3.53. The molecule has 0 saturated heterocycles. The van der Waals surface area contributed by atoms with Crippen LogP contribution in [0.4, 0.5) is 4.79 Å². The molecule has 0 fully saturated rings. The molecule has 1 N–H and O–H groups in total. The van der Waals surface area contributed by atoms with E-state index in [2.05, 4.69) is 10.1 Å². The van der Waals surface area contributed by atoms with Crippen molar-refractivity contribution in [2.75, 3.05) is 7.11 Å². The molecular weight excluding hydrogens is 260 g/mol. The second-order valence-corrected chi connectivity index (χ2v) is 4.66. The van der Waals surface area contributed by atoms with Gasteiger partial charge in [-0.2, -0.15) is 0 Å². The predicted molar refractivity (Wildman–Crippen MR) is 69.4 cm³/mol. The average Bonchev–Trinajstić information content (AvgIpc) is 2.89. The molecular formula is C14H12N2O4. The van der Waals surface area contributed by atoms with Crippen LogP contribution in [0.25, 0.3) is 0 Å². The number of methoxy groups -OCH3 is 1. The highest BCUT2D eigenvalue weighted by molar-refractivity contribution is 6.27. The summed E-state index contributed by atoms with van der Waals surface area (Å²) in [6.45, 7) is 1.85. The summed E-state index contributed by atoms with van der Waals surface area (Å²) < 4.78 is 5.67. The van der Waals surface area contributed by atoms with Gasteiger partial charge in [0.05, 0.1) is 18.4 Å². The minimum absolute atomic E-state index is 0.0515. The predicted octanol–water partition coefficient (Wildman–Crippen LogP) is 1.49. The number of aromatic nitrogens is 1. The highest BCUT2D eigenvalue weighted by Crippen LogP contribution is 2.32. The van der Waals surface area contributed by atoms with E-state index in [9.17, 15) is 14.4 Å². The first-order valence-electron chi connectivity index (χ1n) is 6.12. The molecule has 6 heteroatoms. The first-order chi connectivity index (χ1) is 9.56. The van der Waals surface area contributed by atoms with Gasteiger partial charge in [0.2, 0.25) is 5.78 Å². The zero-order valence-corrected chi connectivity index (χ0v) is 11.0. The summed E-state index contributed by atoms with van der Waals surface area (Å²) >= 11 is 0. The molecule has 2 heterocycles. The van der Waals surface area contributed by atoms with E-state index in [-0.39, 0.29) is 34.4 Å². The molecule has 0 spiro atoms. The fourth-order valence-corrected chi connectivity index (χ4v) is 2.55. The number of nitrogens with zero attached hydrogens (tertiary/aromatic N) is 1. The number of rotatable bonds is 0. The van der Waals surface area contributed by atoms with Crippen molar-refractivity contribution in [1.82, 2.24) is 9.88 Å². The van der Waals surface area contributed by atoms with Crippen molar-refractivity contribution in [3.8, 4) is 0 Å². The minimum Gasteiger partial charge on any atom is -0.452 e. The van der Waals surface area contributed by atoms with Gasteiger partial charge in [-0.1, -0.05) is 13.0 Å². The van der Waals surface area contributed by atoms with E-state index in [0.717, 1.165) is 4.57 Å². The van der Waals surface area contributed by atoms with Crippen LogP contribution in [-0.4, -0.2) is 29.3 Å². The summed E-state index contributed by atoms with van der Waals surface area (Å²) in [4.78, 5) is 36.6. The molecule has 0 radical (unpaired) electrons. The van der Waals surface area contributed by atoms with Crippen LogP contribution in [0.5, 0.6) is 0 Å². The lowest BCUT2D eigenvalue weighted by molar-refractivity contribution is 0.0956. The maximum atomic E-state index is 12.5. The van der Waals surface area contributed by atoms with Crippen molar-refractivity contribution in [2.45, 2.75) is 6.92 Å². The summed E-state index contributed by atoms with van der Waals surface area (Å²) in [5.41, 5.74) is 0.965. The Hall–Kier alpha value is -2.63. The van der Waals surface area contributed by atoms with Crippen LogP contribution >= 0.6 is 0 Å². The Morgan fingerprint density at radius 3 is 2.80 bits per heavy atom. The van der Waals surface area contributed by atoms with Crippen molar-refractivity contribution in [2.24, 2.45) is 5.92 Å². The Morgan fingerprint density at radius 1 is 1.35 bits per heavy atom. The maximum absolute atomic E-state index is 12.5. The van der Waals surface area contributed by atoms with Crippen molar-refractivity contribution in [1.29, 1.82) is 0 Å². The van der Waals surface area contributed by atoms with Crippen LogP contribution in [0.1, 0.15) is 27.8 Å². The largest absolute Gasteiger partial charge is 0.452 e. The minimum atomic E-state index is -0.698. The average molecular weight is 272 g/mol. The van der Waals surface area contributed by atoms with Crippen LogP contribution in [0.15, 0.2) is 35.8 Å². The normalized spacial score (nSPS) is 20.4. The Bertz CT molecular complexity index is 709. The summed E-state index contributed by atoms with van der Waals surface area (Å²) in [7, 11) is 1.22. The summed E-state index contributed by atoms with van der Waals surface area (Å²) in [6.07, 6.45) is 4.12. The van der Waals surface area contributed by atoms with E-state index in [1.54, 1.807) is 6.20 Å². The van der Waals surface area contributed by atoms with Gasteiger partial charge in [-0.15, -0.1) is 0 Å². The SMILES string of the molecule is COC(=O)n1ccc2c1C(=O)C1=C(C2=O)C(C)C=CN1. The molecule has 1 atom stereocenters. The topological polar surface area (TPSA) is 77.4 Å². The number of hydrogen-bond acceptors (Lipinski definition) is 5. The van der Waals surface area contributed by atoms with Gasteiger partial charge in [0.15, 0.2) is 5.78 Å². The first-order valence-corrected chi connectivity index (χ1v) is 6.12. The molecule has 102 valence electrons. The number of allylic oxidation sites excluding steroid dienone is 3. The molecule has 2 aliphatic rings. The lowest BCUT2D eigenvalue weighted by Gasteiger charge is -2.25. The molecule has 0 bridgehead atoms. The van der Waals surface area contributed by atoms with Gasteiger partial charge in [0, 0.05) is 17.7 Å². The van der Waals surface area contributed by atoms with Crippen LogP contribution < -0.4 is 5.32 Å². The number of Topliss-reactive ketones (excluding diaryl/α,β-unsaturated/α-hetero) is 2. The number of dihydropyridines is 1. The fourth-order valence-electron chi connectivity index (χ4n) is 2.55. The number of fused-ring (bicyclic) bond motifs is 1. The number of carbonyl (C=O) groups excluding carboxylic acids is 3. The van der Waals surface area contributed by atoms with Gasteiger partial charge in [0.25, 0.3) is 0 Å². The molecule has 1 aliphatic heterocycles. The number of ether oxygens (including phenoxy) is 1.